The van der Waals surface area contributed by atoms with Crippen molar-refractivity contribution in [3.8, 4) is 0 Å². The summed E-state index contributed by atoms with van der Waals surface area (Å²) in [4.78, 5) is 0. The third kappa shape index (κ3) is 8.22. The van der Waals surface area contributed by atoms with Crippen LogP contribution in [0.4, 0.5) is 0 Å². The molecule has 0 aromatic carbocycles. The van der Waals surface area contributed by atoms with E-state index < -0.39 is 5.60 Å². The van der Waals surface area contributed by atoms with Gasteiger partial charge in [-0.2, -0.15) is 0 Å². The number of hydrogen-bond acceptors (Lipinski definition) is 3. The lowest BCUT2D eigenvalue weighted by molar-refractivity contribution is -0.0283. The molecule has 0 saturated carbocycles. The highest BCUT2D eigenvalue weighted by Crippen LogP contribution is 2.05. The topological polar surface area (TPSA) is 55.5 Å². The van der Waals surface area contributed by atoms with Crippen LogP contribution in [0.5, 0.6) is 0 Å². The zero-order valence-corrected chi connectivity index (χ0v) is 9.05. The lowest BCUT2D eigenvalue weighted by Gasteiger charge is -2.20. The van der Waals surface area contributed by atoms with Crippen LogP contribution in [0.3, 0.4) is 0 Å². The van der Waals surface area contributed by atoms with Crippen LogP contribution in [0.2, 0.25) is 0 Å². The number of aliphatic hydroxyl groups is 1. The zero-order valence-electron chi connectivity index (χ0n) is 9.05. The molecule has 80 valence electrons. The molecule has 0 rings (SSSR count). The number of hydrogen-bond donors (Lipinski definition) is 2. The van der Waals surface area contributed by atoms with Crippen molar-refractivity contribution >= 4 is 0 Å². The minimum absolute atomic E-state index is 0.247. The minimum Gasteiger partial charge on any atom is -0.386 e. The third-order valence-corrected chi connectivity index (χ3v) is 1.92. The molecule has 0 spiro atoms. The lowest BCUT2D eigenvalue weighted by atomic mass is 10.1. The fourth-order valence-corrected chi connectivity index (χ4v) is 0.945. The third-order valence-electron chi connectivity index (χ3n) is 1.92. The van der Waals surface area contributed by atoms with Gasteiger partial charge in [0.1, 0.15) is 0 Å². The predicted octanol–water partition coefficient (Wildman–Crippen LogP) is 1.15. The van der Waals surface area contributed by atoms with E-state index >= 15 is 0 Å². The van der Waals surface area contributed by atoms with Gasteiger partial charge in [-0.05, 0) is 25.7 Å². The standard InChI is InChI=1S/C10H23NO2/c1-9(2)5-4-6-13-8-10(3,12)7-11/h9,12H,4-8,11H2,1-3H3. The number of rotatable bonds is 7. The first-order chi connectivity index (χ1) is 5.98. The van der Waals surface area contributed by atoms with E-state index in [9.17, 15) is 5.11 Å². The van der Waals surface area contributed by atoms with Gasteiger partial charge in [-0.15, -0.1) is 0 Å². The van der Waals surface area contributed by atoms with Crippen molar-refractivity contribution < 1.29 is 9.84 Å². The molecule has 1 atom stereocenters. The monoisotopic (exact) mass is 189 g/mol. The van der Waals surface area contributed by atoms with Crippen molar-refractivity contribution in [3.63, 3.8) is 0 Å². The van der Waals surface area contributed by atoms with Crippen molar-refractivity contribution in [3.05, 3.63) is 0 Å². The van der Waals surface area contributed by atoms with Crippen LogP contribution >= 0.6 is 0 Å². The molecule has 3 N–H and O–H groups in total. The molecule has 0 amide bonds. The first-order valence-corrected chi connectivity index (χ1v) is 4.98. The van der Waals surface area contributed by atoms with E-state index in [1.165, 1.54) is 6.42 Å². The SMILES string of the molecule is CC(C)CCCOCC(C)(O)CN. The molecule has 0 fully saturated rings. The van der Waals surface area contributed by atoms with E-state index in [2.05, 4.69) is 13.8 Å². The van der Waals surface area contributed by atoms with Gasteiger partial charge in [0.15, 0.2) is 0 Å². The molecular weight excluding hydrogens is 166 g/mol. The smallest absolute Gasteiger partial charge is 0.0973 e. The molecule has 0 aliphatic rings. The molecule has 3 heteroatoms. The first-order valence-electron chi connectivity index (χ1n) is 4.98. The molecular formula is C10H23NO2. The van der Waals surface area contributed by atoms with E-state index in [0.717, 1.165) is 12.3 Å². The van der Waals surface area contributed by atoms with E-state index in [4.69, 9.17) is 10.5 Å². The molecule has 0 radical (unpaired) electrons. The summed E-state index contributed by atoms with van der Waals surface area (Å²) in [5.74, 6) is 0.721. The Hall–Kier alpha value is -0.120. The highest BCUT2D eigenvalue weighted by molar-refractivity contribution is 4.71. The Balaban J connectivity index is 3.26. The number of nitrogens with two attached hydrogens (primary N) is 1. The Morgan fingerprint density at radius 2 is 2.08 bits per heavy atom. The minimum atomic E-state index is -0.863. The van der Waals surface area contributed by atoms with Crippen molar-refractivity contribution in [2.45, 2.75) is 39.2 Å². The van der Waals surface area contributed by atoms with Gasteiger partial charge in [0.25, 0.3) is 0 Å². The molecule has 0 aliphatic heterocycles. The van der Waals surface area contributed by atoms with E-state index in [0.29, 0.717) is 13.2 Å². The molecule has 0 bridgehead atoms. The van der Waals surface area contributed by atoms with E-state index in [-0.39, 0.29) is 6.54 Å². The summed E-state index contributed by atoms with van der Waals surface area (Å²) in [5, 5.41) is 9.48. The Labute approximate surface area is 81.3 Å². The maximum absolute atomic E-state index is 9.48. The van der Waals surface area contributed by atoms with Crippen LogP contribution in [0.1, 0.15) is 33.6 Å². The zero-order chi connectivity index (χ0) is 10.3. The second kappa shape index (κ2) is 6.35. The highest BCUT2D eigenvalue weighted by Gasteiger charge is 2.17. The normalized spacial score (nSPS) is 16.2. The highest BCUT2D eigenvalue weighted by atomic mass is 16.5. The van der Waals surface area contributed by atoms with Gasteiger partial charge in [0.05, 0.1) is 12.2 Å². The Bertz CT molecular complexity index is 124. The van der Waals surface area contributed by atoms with Gasteiger partial charge < -0.3 is 15.6 Å². The first kappa shape index (κ1) is 12.9. The average Bonchev–Trinajstić information content (AvgIpc) is 2.03. The van der Waals surface area contributed by atoms with Crippen molar-refractivity contribution in [1.82, 2.24) is 0 Å². The van der Waals surface area contributed by atoms with Crippen LogP contribution in [-0.4, -0.2) is 30.5 Å². The van der Waals surface area contributed by atoms with E-state index in [1.54, 1.807) is 6.92 Å². The molecule has 0 aromatic heterocycles. The van der Waals surface area contributed by atoms with Crippen molar-refractivity contribution in [2.75, 3.05) is 19.8 Å². The van der Waals surface area contributed by atoms with Gasteiger partial charge in [-0.25, -0.2) is 0 Å². The summed E-state index contributed by atoms with van der Waals surface area (Å²) in [7, 11) is 0. The van der Waals surface area contributed by atoms with Crippen LogP contribution in [-0.2, 0) is 4.74 Å². The summed E-state index contributed by atoms with van der Waals surface area (Å²) in [5.41, 5.74) is 4.48. The fourth-order valence-electron chi connectivity index (χ4n) is 0.945. The predicted molar refractivity (Wildman–Crippen MR) is 54.6 cm³/mol. The van der Waals surface area contributed by atoms with Gasteiger partial charge in [0.2, 0.25) is 0 Å². The van der Waals surface area contributed by atoms with Crippen LogP contribution < -0.4 is 5.73 Å². The summed E-state index contributed by atoms with van der Waals surface area (Å²) in [6.07, 6.45) is 2.23. The fraction of sp³-hybridized carbons (Fsp3) is 1.00. The maximum Gasteiger partial charge on any atom is 0.0973 e. The van der Waals surface area contributed by atoms with Gasteiger partial charge in [0, 0.05) is 13.2 Å². The largest absolute Gasteiger partial charge is 0.386 e. The average molecular weight is 189 g/mol. The Morgan fingerprint density at radius 1 is 1.46 bits per heavy atom. The maximum atomic E-state index is 9.48. The van der Waals surface area contributed by atoms with Crippen molar-refractivity contribution in [1.29, 1.82) is 0 Å². The molecule has 3 nitrogen and oxygen atoms in total. The molecule has 0 saturated heterocycles. The molecule has 0 aromatic rings. The number of ether oxygens (including phenoxy) is 1. The quantitative estimate of drug-likeness (QED) is 0.591. The van der Waals surface area contributed by atoms with Crippen LogP contribution in [0, 0.1) is 5.92 Å². The lowest BCUT2D eigenvalue weighted by Crippen LogP contribution is -2.39. The summed E-state index contributed by atoms with van der Waals surface area (Å²) < 4.78 is 5.31. The van der Waals surface area contributed by atoms with Crippen LogP contribution in [0.15, 0.2) is 0 Å². The molecule has 0 heterocycles. The van der Waals surface area contributed by atoms with E-state index in [1.807, 2.05) is 0 Å². The summed E-state index contributed by atoms with van der Waals surface area (Å²) >= 11 is 0. The van der Waals surface area contributed by atoms with Gasteiger partial charge in [-0.3, -0.25) is 0 Å². The molecule has 0 aliphatic carbocycles. The van der Waals surface area contributed by atoms with Gasteiger partial charge in [-0.1, -0.05) is 13.8 Å². The Morgan fingerprint density at radius 3 is 2.54 bits per heavy atom. The molecule has 13 heavy (non-hydrogen) atoms. The Kier molecular flexibility index (Phi) is 6.29. The second-order valence-corrected chi connectivity index (χ2v) is 4.29. The van der Waals surface area contributed by atoms with Crippen LogP contribution in [0.25, 0.3) is 0 Å². The van der Waals surface area contributed by atoms with Gasteiger partial charge >= 0.3 is 0 Å². The summed E-state index contributed by atoms with van der Waals surface area (Å²) in [6.45, 7) is 7.37. The second-order valence-electron chi connectivity index (χ2n) is 4.29. The summed E-state index contributed by atoms with van der Waals surface area (Å²) in [6, 6.07) is 0. The van der Waals surface area contributed by atoms with Crippen molar-refractivity contribution in [2.24, 2.45) is 11.7 Å². The molecule has 1 unspecified atom stereocenters.